The fourth-order valence-electron chi connectivity index (χ4n) is 3.56. The monoisotopic (exact) mass is 276 g/mol. The normalized spacial score (nSPS) is 21.4. The van der Waals surface area contributed by atoms with Gasteiger partial charge in [-0.3, -0.25) is 0 Å². The summed E-state index contributed by atoms with van der Waals surface area (Å²) in [6.45, 7) is 1.82. The van der Waals surface area contributed by atoms with Crippen LogP contribution in [0.5, 0.6) is 0 Å². The Labute approximate surface area is 122 Å². The summed E-state index contributed by atoms with van der Waals surface area (Å²) in [6.07, 6.45) is 8.14. The maximum atomic E-state index is 11.3. The molecule has 2 nitrogen and oxygen atoms in total. The molecule has 1 aliphatic rings. The Morgan fingerprint density at radius 2 is 1.80 bits per heavy atom. The Bertz CT molecular complexity index is 382. The molecule has 0 heterocycles. The van der Waals surface area contributed by atoms with Crippen LogP contribution < -0.4 is 0 Å². The highest BCUT2D eigenvalue weighted by Crippen LogP contribution is 2.42. The van der Waals surface area contributed by atoms with Crippen molar-refractivity contribution >= 4 is 0 Å². The molecule has 1 aromatic carbocycles. The Morgan fingerprint density at radius 1 is 1.15 bits per heavy atom. The van der Waals surface area contributed by atoms with Crippen LogP contribution in [0, 0.1) is 5.92 Å². The first-order chi connectivity index (χ1) is 9.63. The Morgan fingerprint density at radius 3 is 2.40 bits per heavy atom. The second-order valence-corrected chi connectivity index (χ2v) is 6.37. The van der Waals surface area contributed by atoms with E-state index >= 15 is 0 Å². The lowest BCUT2D eigenvalue weighted by Gasteiger charge is -2.39. The molecule has 1 aromatic rings. The number of benzene rings is 1. The summed E-state index contributed by atoms with van der Waals surface area (Å²) in [7, 11) is 0. The van der Waals surface area contributed by atoms with Crippen molar-refractivity contribution in [3.63, 3.8) is 0 Å². The van der Waals surface area contributed by atoms with Crippen LogP contribution in [0.25, 0.3) is 0 Å². The van der Waals surface area contributed by atoms with Gasteiger partial charge < -0.3 is 10.2 Å². The molecular formula is C18H28O2. The van der Waals surface area contributed by atoms with Gasteiger partial charge in [0.05, 0.1) is 11.7 Å². The van der Waals surface area contributed by atoms with Gasteiger partial charge in [0.15, 0.2) is 0 Å². The highest BCUT2D eigenvalue weighted by atomic mass is 16.3. The van der Waals surface area contributed by atoms with Crippen molar-refractivity contribution in [2.24, 2.45) is 5.92 Å². The van der Waals surface area contributed by atoms with Crippen molar-refractivity contribution in [1.82, 2.24) is 0 Å². The van der Waals surface area contributed by atoms with Crippen molar-refractivity contribution in [2.75, 3.05) is 0 Å². The first kappa shape index (κ1) is 15.5. The summed E-state index contributed by atoms with van der Waals surface area (Å²) < 4.78 is 0. The second-order valence-electron chi connectivity index (χ2n) is 6.37. The minimum atomic E-state index is -0.712. The third-order valence-electron chi connectivity index (χ3n) is 4.73. The summed E-state index contributed by atoms with van der Waals surface area (Å²) in [4.78, 5) is 0. The average molecular weight is 276 g/mol. The van der Waals surface area contributed by atoms with Crippen molar-refractivity contribution in [2.45, 2.75) is 70.0 Å². The lowest BCUT2D eigenvalue weighted by atomic mass is 9.71. The zero-order valence-electron chi connectivity index (χ0n) is 12.6. The third kappa shape index (κ3) is 3.83. The van der Waals surface area contributed by atoms with E-state index in [0.717, 1.165) is 37.7 Å². The predicted octanol–water partition coefficient (Wildman–Crippen LogP) is 4.01. The van der Waals surface area contributed by atoms with Crippen LogP contribution in [0.3, 0.4) is 0 Å². The summed E-state index contributed by atoms with van der Waals surface area (Å²) in [6, 6.07) is 10.1. The molecule has 0 amide bonds. The van der Waals surface area contributed by atoms with Crippen LogP contribution >= 0.6 is 0 Å². The van der Waals surface area contributed by atoms with Gasteiger partial charge in [-0.05, 0) is 50.5 Å². The molecule has 0 bridgehead atoms. The van der Waals surface area contributed by atoms with E-state index in [2.05, 4.69) is 12.1 Å². The van der Waals surface area contributed by atoms with Crippen LogP contribution in [0.4, 0.5) is 0 Å². The molecule has 0 unspecified atom stereocenters. The first-order valence-electron chi connectivity index (χ1n) is 8.09. The zero-order valence-corrected chi connectivity index (χ0v) is 12.6. The highest BCUT2D eigenvalue weighted by Gasteiger charge is 2.38. The molecule has 2 N–H and O–H groups in total. The third-order valence-corrected chi connectivity index (χ3v) is 4.73. The van der Waals surface area contributed by atoms with Gasteiger partial charge in [-0.15, -0.1) is 0 Å². The fraction of sp³-hybridized carbons (Fsp3) is 0.667. The van der Waals surface area contributed by atoms with Crippen LogP contribution in [0.1, 0.15) is 63.9 Å². The first-order valence-corrected chi connectivity index (χ1v) is 8.09. The molecule has 0 saturated heterocycles. The smallest absolute Gasteiger partial charge is 0.0924 e. The summed E-state index contributed by atoms with van der Waals surface area (Å²) in [5.41, 5.74) is 0.341. The molecular weight excluding hydrogens is 248 g/mol. The van der Waals surface area contributed by atoms with Gasteiger partial charge in [-0.1, -0.05) is 49.6 Å². The number of aliphatic hydroxyl groups excluding tert-OH is 1. The molecule has 2 heteroatoms. The summed E-state index contributed by atoms with van der Waals surface area (Å²) in [5.74, 6) is 0.368. The summed E-state index contributed by atoms with van der Waals surface area (Å²) >= 11 is 0. The van der Waals surface area contributed by atoms with E-state index in [9.17, 15) is 10.2 Å². The molecule has 0 radical (unpaired) electrons. The lowest BCUT2D eigenvalue weighted by molar-refractivity contribution is -0.0494. The second kappa shape index (κ2) is 7.24. The minimum absolute atomic E-state index is 0.277. The molecule has 20 heavy (non-hydrogen) atoms. The van der Waals surface area contributed by atoms with Crippen LogP contribution in [-0.2, 0) is 5.60 Å². The van der Waals surface area contributed by atoms with Crippen molar-refractivity contribution < 1.29 is 10.2 Å². The average Bonchev–Trinajstić information content (AvgIpc) is 2.48. The quantitative estimate of drug-likeness (QED) is 0.824. The molecule has 1 aliphatic carbocycles. The van der Waals surface area contributed by atoms with Crippen LogP contribution in [-0.4, -0.2) is 16.3 Å². The predicted molar refractivity (Wildman–Crippen MR) is 82.4 cm³/mol. The molecule has 0 aliphatic heterocycles. The Hall–Kier alpha value is -0.860. The number of aliphatic hydroxyl groups is 2. The Kier molecular flexibility index (Phi) is 5.62. The zero-order chi connectivity index (χ0) is 14.4. The van der Waals surface area contributed by atoms with Crippen molar-refractivity contribution in [3.05, 3.63) is 35.9 Å². The number of rotatable bonds is 6. The van der Waals surface area contributed by atoms with Crippen LogP contribution in [0.15, 0.2) is 30.3 Å². The molecule has 0 spiro atoms. The fourth-order valence-corrected chi connectivity index (χ4v) is 3.56. The lowest BCUT2D eigenvalue weighted by Crippen LogP contribution is -2.36. The molecule has 1 saturated carbocycles. The molecule has 1 fully saturated rings. The summed E-state index contributed by atoms with van der Waals surface area (Å²) in [5, 5.41) is 20.8. The molecule has 0 aromatic heterocycles. The highest BCUT2D eigenvalue weighted by molar-refractivity contribution is 5.23. The van der Waals surface area contributed by atoms with E-state index in [0.29, 0.717) is 5.92 Å². The van der Waals surface area contributed by atoms with E-state index in [1.165, 1.54) is 19.3 Å². The van der Waals surface area contributed by atoms with E-state index < -0.39 is 5.60 Å². The minimum Gasteiger partial charge on any atom is -0.393 e. The van der Waals surface area contributed by atoms with Gasteiger partial charge >= 0.3 is 0 Å². The van der Waals surface area contributed by atoms with Gasteiger partial charge in [-0.2, -0.15) is 0 Å². The van der Waals surface area contributed by atoms with Gasteiger partial charge in [0.2, 0.25) is 0 Å². The topological polar surface area (TPSA) is 40.5 Å². The number of hydrogen-bond donors (Lipinski definition) is 2. The standard InChI is InChI=1S/C18H28O2/c1-15(19)9-8-14-18(20,16-10-4-2-5-11-16)17-12-6-3-7-13-17/h2,4-5,10-11,15,17,19-20H,3,6-9,12-14H2,1H3/t15-,18+/m0/s1. The van der Waals surface area contributed by atoms with Gasteiger partial charge in [0, 0.05) is 0 Å². The van der Waals surface area contributed by atoms with Gasteiger partial charge in [-0.25, -0.2) is 0 Å². The molecule has 2 rings (SSSR count). The van der Waals surface area contributed by atoms with E-state index in [1.54, 1.807) is 0 Å². The van der Waals surface area contributed by atoms with Crippen molar-refractivity contribution in [3.8, 4) is 0 Å². The number of hydrogen-bond acceptors (Lipinski definition) is 2. The molecule has 112 valence electrons. The van der Waals surface area contributed by atoms with Gasteiger partial charge in [0.1, 0.15) is 0 Å². The van der Waals surface area contributed by atoms with E-state index in [4.69, 9.17) is 0 Å². The largest absolute Gasteiger partial charge is 0.393 e. The van der Waals surface area contributed by atoms with Crippen LogP contribution in [0.2, 0.25) is 0 Å². The maximum Gasteiger partial charge on any atom is 0.0924 e. The Balaban J connectivity index is 2.13. The van der Waals surface area contributed by atoms with E-state index in [1.807, 2.05) is 25.1 Å². The molecule has 2 atom stereocenters. The van der Waals surface area contributed by atoms with Gasteiger partial charge in [0.25, 0.3) is 0 Å². The maximum absolute atomic E-state index is 11.3. The SMILES string of the molecule is C[C@H](O)CCC[C@@](O)(c1ccccc1)C1CCCCC1. The van der Waals surface area contributed by atoms with E-state index in [-0.39, 0.29) is 6.10 Å². The van der Waals surface area contributed by atoms with Crippen molar-refractivity contribution in [1.29, 1.82) is 0 Å².